The largest absolute Gasteiger partial charge is 0.503 e. The van der Waals surface area contributed by atoms with Crippen molar-refractivity contribution in [3.63, 3.8) is 0 Å². The maximum absolute atomic E-state index is 10.5. The Balaban J connectivity index is 2.09. The van der Waals surface area contributed by atoms with E-state index in [0.717, 1.165) is 0 Å². The smallest absolute Gasteiger partial charge is 0.269 e. The van der Waals surface area contributed by atoms with Crippen molar-refractivity contribution in [3.05, 3.63) is 57.1 Å². The van der Waals surface area contributed by atoms with Crippen molar-refractivity contribution in [2.24, 2.45) is 5.10 Å². The lowest BCUT2D eigenvalue weighted by Gasteiger charge is -2.06. The molecule has 0 aliphatic heterocycles. The highest BCUT2D eigenvalue weighted by atomic mass is 35.5. The van der Waals surface area contributed by atoms with E-state index in [-0.39, 0.29) is 22.2 Å². The fourth-order valence-electron chi connectivity index (χ4n) is 1.66. The summed E-state index contributed by atoms with van der Waals surface area (Å²) in [4.78, 5) is 10.1. The number of ether oxygens (including phenoxy) is 1. The Labute approximate surface area is 130 Å². The number of hydrogen-bond donors (Lipinski definition) is 2. The van der Waals surface area contributed by atoms with Crippen LogP contribution in [0.15, 0.2) is 41.5 Å². The van der Waals surface area contributed by atoms with Crippen molar-refractivity contribution >= 4 is 29.2 Å². The summed E-state index contributed by atoms with van der Waals surface area (Å²) in [5.41, 5.74) is 3.95. The van der Waals surface area contributed by atoms with Crippen LogP contribution in [0.2, 0.25) is 5.02 Å². The lowest BCUT2D eigenvalue weighted by Crippen LogP contribution is -1.93. The highest BCUT2D eigenvalue weighted by Crippen LogP contribution is 2.34. The molecule has 7 nitrogen and oxygen atoms in total. The molecule has 0 bridgehead atoms. The summed E-state index contributed by atoms with van der Waals surface area (Å²) < 4.78 is 4.99. The molecule has 2 rings (SSSR count). The Kier molecular flexibility index (Phi) is 4.80. The van der Waals surface area contributed by atoms with Gasteiger partial charge in [-0.1, -0.05) is 11.6 Å². The molecule has 0 fully saturated rings. The Morgan fingerprint density at radius 2 is 2.05 bits per heavy atom. The average molecular weight is 322 g/mol. The number of rotatable bonds is 5. The number of phenolic OH excluding ortho intramolecular Hbond substituents is 1. The number of halogens is 1. The monoisotopic (exact) mass is 321 g/mol. The molecule has 0 radical (unpaired) electrons. The number of nitrogens with zero attached hydrogens (tertiary/aromatic N) is 2. The zero-order chi connectivity index (χ0) is 16.1. The van der Waals surface area contributed by atoms with Gasteiger partial charge in [0.25, 0.3) is 5.69 Å². The second-order valence-corrected chi connectivity index (χ2v) is 4.63. The van der Waals surface area contributed by atoms with E-state index in [1.54, 1.807) is 18.2 Å². The van der Waals surface area contributed by atoms with E-state index in [1.807, 2.05) is 0 Å². The molecule has 0 saturated heterocycles. The van der Waals surface area contributed by atoms with Gasteiger partial charge in [-0.3, -0.25) is 15.5 Å². The molecule has 0 spiro atoms. The third-order valence-corrected chi connectivity index (χ3v) is 3.04. The number of hydrogen-bond acceptors (Lipinski definition) is 6. The molecule has 0 amide bonds. The number of nitrogens with one attached hydrogen (secondary N) is 1. The Bertz CT molecular complexity index is 717. The Morgan fingerprint density at radius 1 is 1.36 bits per heavy atom. The third kappa shape index (κ3) is 3.64. The number of non-ortho nitro benzene ring substituents is 1. The summed E-state index contributed by atoms with van der Waals surface area (Å²) in [5, 5.41) is 24.3. The van der Waals surface area contributed by atoms with Crippen LogP contribution in [0, 0.1) is 10.1 Å². The molecule has 22 heavy (non-hydrogen) atoms. The maximum atomic E-state index is 10.5. The van der Waals surface area contributed by atoms with Gasteiger partial charge in [0, 0.05) is 12.1 Å². The van der Waals surface area contributed by atoms with E-state index in [0.29, 0.717) is 11.3 Å². The van der Waals surface area contributed by atoms with E-state index < -0.39 is 4.92 Å². The molecule has 2 aromatic carbocycles. The first-order valence-corrected chi connectivity index (χ1v) is 6.49. The molecule has 0 unspecified atom stereocenters. The first kappa shape index (κ1) is 15.6. The van der Waals surface area contributed by atoms with Crippen LogP contribution in [0.4, 0.5) is 11.4 Å². The van der Waals surface area contributed by atoms with Crippen molar-refractivity contribution in [1.82, 2.24) is 0 Å². The van der Waals surface area contributed by atoms with Crippen LogP contribution in [-0.2, 0) is 0 Å². The summed E-state index contributed by atoms with van der Waals surface area (Å²) in [7, 11) is 1.42. The van der Waals surface area contributed by atoms with E-state index in [2.05, 4.69) is 10.5 Å². The summed E-state index contributed by atoms with van der Waals surface area (Å²) in [6.07, 6.45) is 1.48. The minimum absolute atomic E-state index is 0.00424. The van der Waals surface area contributed by atoms with Crippen molar-refractivity contribution in [2.45, 2.75) is 0 Å². The number of benzene rings is 2. The first-order valence-electron chi connectivity index (χ1n) is 6.11. The summed E-state index contributed by atoms with van der Waals surface area (Å²) >= 11 is 5.86. The van der Waals surface area contributed by atoms with Crippen molar-refractivity contribution < 1.29 is 14.8 Å². The molecule has 0 aromatic heterocycles. The maximum Gasteiger partial charge on any atom is 0.269 e. The second kappa shape index (κ2) is 6.77. The van der Waals surface area contributed by atoms with Gasteiger partial charge in [-0.05, 0) is 29.8 Å². The third-order valence-electron chi connectivity index (χ3n) is 2.76. The van der Waals surface area contributed by atoms with Crippen LogP contribution in [0.25, 0.3) is 0 Å². The molecule has 114 valence electrons. The van der Waals surface area contributed by atoms with E-state index >= 15 is 0 Å². The van der Waals surface area contributed by atoms with Crippen LogP contribution in [0.3, 0.4) is 0 Å². The molecular weight excluding hydrogens is 310 g/mol. The molecule has 2 aromatic rings. The van der Waals surface area contributed by atoms with Gasteiger partial charge in [-0.25, -0.2) is 0 Å². The Morgan fingerprint density at radius 3 is 2.64 bits per heavy atom. The van der Waals surface area contributed by atoms with Crippen LogP contribution >= 0.6 is 11.6 Å². The zero-order valence-electron chi connectivity index (χ0n) is 11.5. The first-order chi connectivity index (χ1) is 10.5. The number of hydrazone groups is 1. The van der Waals surface area contributed by atoms with E-state index in [4.69, 9.17) is 16.3 Å². The molecule has 0 saturated carbocycles. The number of methoxy groups -OCH3 is 1. The molecule has 2 N–H and O–H groups in total. The number of aromatic hydroxyl groups is 1. The summed E-state index contributed by atoms with van der Waals surface area (Å²) in [5.74, 6) is 0.105. The predicted molar refractivity (Wildman–Crippen MR) is 84.0 cm³/mol. The molecule has 0 atom stereocenters. The van der Waals surface area contributed by atoms with Gasteiger partial charge in [0.1, 0.15) is 0 Å². The molecular formula is C14H12ClN3O4. The highest BCUT2D eigenvalue weighted by molar-refractivity contribution is 6.32. The standard InChI is InChI=1S/C14H12ClN3O4/c1-22-13-7-9(6-12(15)14(13)19)8-16-17-10-2-4-11(5-3-10)18(20)21/h2-8,17,19H,1H3/b16-8-. The predicted octanol–water partition coefficient (Wildman–Crippen LogP) is 3.41. The summed E-state index contributed by atoms with van der Waals surface area (Å²) in [6, 6.07) is 8.93. The lowest BCUT2D eigenvalue weighted by molar-refractivity contribution is -0.384. The minimum Gasteiger partial charge on any atom is -0.503 e. The molecule has 0 aliphatic carbocycles. The van der Waals surface area contributed by atoms with Crippen LogP contribution in [-0.4, -0.2) is 23.4 Å². The lowest BCUT2D eigenvalue weighted by atomic mass is 10.2. The van der Waals surface area contributed by atoms with Crippen molar-refractivity contribution in [1.29, 1.82) is 0 Å². The van der Waals surface area contributed by atoms with Gasteiger partial charge in [0.2, 0.25) is 0 Å². The van der Waals surface area contributed by atoms with Gasteiger partial charge < -0.3 is 9.84 Å². The Hall–Kier alpha value is -2.80. The number of nitro benzene ring substituents is 1. The van der Waals surface area contributed by atoms with Gasteiger partial charge in [-0.2, -0.15) is 5.10 Å². The topological polar surface area (TPSA) is 97.0 Å². The van der Waals surface area contributed by atoms with Gasteiger partial charge in [-0.15, -0.1) is 0 Å². The SMILES string of the molecule is COc1cc(/C=N\Nc2ccc([N+](=O)[O-])cc2)cc(Cl)c1O. The highest BCUT2D eigenvalue weighted by Gasteiger charge is 2.07. The number of anilines is 1. The average Bonchev–Trinajstić information content (AvgIpc) is 2.51. The fraction of sp³-hybridized carbons (Fsp3) is 0.0714. The van der Waals surface area contributed by atoms with Gasteiger partial charge in [0.05, 0.1) is 29.0 Å². The van der Waals surface area contributed by atoms with Crippen molar-refractivity contribution in [3.8, 4) is 11.5 Å². The normalized spacial score (nSPS) is 10.6. The van der Waals surface area contributed by atoms with Crippen LogP contribution in [0.1, 0.15) is 5.56 Å². The molecule has 0 heterocycles. The fourth-order valence-corrected chi connectivity index (χ4v) is 1.88. The van der Waals surface area contributed by atoms with Gasteiger partial charge in [0.15, 0.2) is 11.5 Å². The second-order valence-electron chi connectivity index (χ2n) is 4.23. The van der Waals surface area contributed by atoms with Crippen LogP contribution in [0.5, 0.6) is 11.5 Å². The number of phenols is 1. The number of nitro groups is 1. The van der Waals surface area contributed by atoms with Gasteiger partial charge >= 0.3 is 0 Å². The molecule has 8 heteroatoms. The van der Waals surface area contributed by atoms with Crippen LogP contribution < -0.4 is 10.2 Å². The van der Waals surface area contributed by atoms with Crippen molar-refractivity contribution in [2.75, 3.05) is 12.5 Å². The summed E-state index contributed by atoms with van der Waals surface area (Å²) in [6.45, 7) is 0. The van der Waals surface area contributed by atoms with E-state index in [1.165, 1.54) is 31.5 Å². The zero-order valence-corrected chi connectivity index (χ0v) is 12.2. The quantitative estimate of drug-likeness (QED) is 0.499. The minimum atomic E-state index is -0.474. The molecule has 0 aliphatic rings. The van der Waals surface area contributed by atoms with E-state index in [9.17, 15) is 15.2 Å².